The number of thiophene rings is 1. The molecule has 0 N–H and O–H groups in total. The van der Waals surface area contributed by atoms with Crippen LogP contribution in [0.25, 0.3) is 21.7 Å². The molecular weight excluding hydrogens is 509 g/mol. The van der Waals surface area contributed by atoms with Gasteiger partial charge in [-0.3, -0.25) is 4.79 Å². The molecule has 0 amide bonds. The minimum Gasteiger partial charge on any atom is -0.458 e. The third-order valence-corrected chi connectivity index (χ3v) is 8.09. The van der Waals surface area contributed by atoms with Crippen LogP contribution < -0.4 is 0 Å². The third-order valence-electron chi connectivity index (χ3n) is 5.07. The number of hydrogen-bond acceptors (Lipinski definition) is 8. The summed E-state index contributed by atoms with van der Waals surface area (Å²) in [6.07, 6.45) is 3.60. The Morgan fingerprint density at radius 2 is 2.11 bits per heavy atom. The average molecular weight is 539 g/mol. The van der Waals surface area contributed by atoms with Crippen molar-refractivity contribution >= 4 is 40.8 Å². The standard InChI is InChI=1S/C28H30N2O3S3/c1-3-5-14-34-19-22(18-32-13-4-2)33-27(31)20-36-28-24(17-29)23(21-10-7-6-8-11-21)16-25(30-28)26-12-9-15-35-26/h4,6-12,15-16,22H,2-3,5,13-14,18-20H2,1H3. The third kappa shape index (κ3) is 8.52. The first-order valence-electron chi connectivity index (χ1n) is 11.8. The van der Waals surface area contributed by atoms with E-state index in [0.717, 1.165) is 40.3 Å². The number of aromatic nitrogens is 1. The highest BCUT2D eigenvalue weighted by Gasteiger charge is 2.20. The van der Waals surface area contributed by atoms with Crippen molar-refractivity contribution in [3.05, 3.63) is 72.1 Å². The van der Waals surface area contributed by atoms with Crippen LogP contribution in [0, 0.1) is 11.3 Å². The van der Waals surface area contributed by atoms with Gasteiger partial charge in [0.25, 0.3) is 0 Å². The molecule has 0 fully saturated rings. The van der Waals surface area contributed by atoms with Gasteiger partial charge >= 0.3 is 5.97 Å². The molecule has 2 heterocycles. The lowest BCUT2D eigenvalue weighted by Crippen LogP contribution is -2.27. The molecule has 0 aliphatic rings. The normalized spacial score (nSPS) is 11.6. The Labute approximate surface area is 225 Å². The van der Waals surface area contributed by atoms with E-state index in [0.29, 0.717) is 29.6 Å². The van der Waals surface area contributed by atoms with Gasteiger partial charge in [-0.2, -0.15) is 17.0 Å². The van der Waals surface area contributed by atoms with Gasteiger partial charge in [0.2, 0.25) is 0 Å². The molecule has 0 aliphatic heterocycles. The fourth-order valence-corrected chi connectivity index (χ4v) is 5.90. The summed E-state index contributed by atoms with van der Waals surface area (Å²) in [6.45, 7) is 6.56. The van der Waals surface area contributed by atoms with Crippen LogP contribution in [0.2, 0.25) is 0 Å². The lowest BCUT2D eigenvalue weighted by Gasteiger charge is -2.18. The van der Waals surface area contributed by atoms with Crippen LogP contribution in [-0.4, -0.2) is 47.5 Å². The monoisotopic (exact) mass is 538 g/mol. The zero-order valence-corrected chi connectivity index (χ0v) is 22.8. The van der Waals surface area contributed by atoms with E-state index in [-0.39, 0.29) is 17.8 Å². The van der Waals surface area contributed by atoms with Crippen molar-refractivity contribution in [1.29, 1.82) is 5.26 Å². The van der Waals surface area contributed by atoms with Gasteiger partial charge in [0.15, 0.2) is 0 Å². The number of esters is 1. The molecule has 1 unspecified atom stereocenters. The second-order valence-electron chi connectivity index (χ2n) is 7.85. The van der Waals surface area contributed by atoms with Gasteiger partial charge < -0.3 is 9.47 Å². The van der Waals surface area contributed by atoms with E-state index < -0.39 is 0 Å². The number of hydrogen-bond donors (Lipinski definition) is 0. The van der Waals surface area contributed by atoms with Gasteiger partial charge in [-0.15, -0.1) is 17.9 Å². The Kier molecular flexibility index (Phi) is 12.1. The minimum atomic E-state index is -0.350. The predicted octanol–water partition coefficient (Wildman–Crippen LogP) is 7.09. The van der Waals surface area contributed by atoms with Crippen molar-refractivity contribution in [1.82, 2.24) is 4.98 Å². The fraction of sp³-hybridized carbons (Fsp3) is 0.321. The predicted molar refractivity (Wildman–Crippen MR) is 152 cm³/mol. The largest absolute Gasteiger partial charge is 0.458 e. The van der Waals surface area contributed by atoms with E-state index in [9.17, 15) is 10.1 Å². The van der Waals surface area contributed by atoms with E-state index in [2.05, 4.69) is 19.6 Å². The van der Waals surface area contributed by atoms with Crippen molar-refractivity contribution in [2.45, 2.75) is 30.9 Å². The maximum Gasteiger partial charge on any atom is 0.316 e. The highest BCUT2D eigenvalue weighted by Crippen LogP contribution is 2.35. The molecule has 1 aromatic carbocycles. The van der Waals surface area contributed by atoms with E-state index in [1.54, 1.807) is 29.2 Å². The van der Waals surface area contributed by atoms with Crippen molar-refractivity contribution in [2.75, 3.05) is 30.5 Å². The van der Waals surface area contributed by atoms with Crippen LogP contribution in [0.3, 0.4) is 0 Å². The summed E-state index contributed by atoms with van der Waals surface area (Å²) in [6, 6.07) is 18.0. The van der Waals surface area contributed by atoms with Gasteiger partial charge in [0, 0.05) is 11.3 Å². The molecule has 0 saturated carbocycles. The maximum absolute atomic E-state index is 12.8. The number of thioether (sulfide) groups is 2. The lowest BCUT2D eigenvalue weighted by atomic mass is 10.0. The lowest BCUT2D eigenvalue weighted by molar-refractivity contribution is -0.147. The molecule has 5 nitrogen and oxygen atoms in total. The van der Waals surface area contributed by atoms with Crippen LogP contribution in [0.15, 0.2) is 71.6 Å². The Morgan fingerprint density at radius 3 is 2.81 bits per heavy atom. The smallest absolute Gasteiger partial charge is 0.316 e. The Hall–Kier alpha value is -2.57. The average Bonchev–Trinajstić information content (AvgIpc) is 3.45. The number of ether oxygens (including phenoxy) is 2. The molecule has 0 spiro atoms. The number of carbonyl (C=O) groups is 1. The van der Waals surface area contributed by atoms with E-state index in [1.165, 1.54) is 11.8 Å². The van der Waals surface area contributed by atoms with Crippen molar-refractivity contribution in [2.24, 2.45) is 0 Å². The molecule has 3 rings (SSSR count). The second-order valence-corrected chi connectivity index (χ2v) is 10.9. The summed E-state index contributed by atoms with van der Waals surface area (Å²) in [4.78, 5) is 18.5. The van der Waals surface area contributed by atoms with Gasteiger partial charge in [0.05, 0.1) is 35.1 Å². The zero-order valence-electron chi connectivity index (χ0n) is 20.4. The number of unbranched alkanes of at least 4 members (excludes halogenated alkanes) is 1. The van der Waals surface area contributed by atoms with Crippen LogP contribution in [-0.2, 0) is 14.3 Å². The molecule has 2 aromatic heterocycles. The molecule has 3 aromatic rings. The van der Waals surface area contributed by atoms with Gasteiger partial charge in [0.1, 0.15) is 17.2 Å². The highest BCUT2D eigenvalue weighted by molar-refractivity contribution is 8.00. The van der Waals surface area contributed by atoms with Crippen LogP contribution in [0.5, 0.6) is 0 Å². The van der Waals surface area contributed by atoms with Gasteiger partial charge in [-0.05, 0) is 35.2 Å². The number of nitrogens with zero attached hydrogens (tertiary/aromatic N) is 2. The van der Waals surface area contributed by atoms with Crippen LogP contribution in [0.4, 0.5) is 0 Å². The Balaban J connectivity index is 1.76. The number of pyridine rings is 1. The first-order chi connectivity index (χ1) is 17.7. The van der Waals surface area contributed by atoms with Crippen LogP contribution >= 0.6 is 34.9 Å². The van der Waals surface area contributed by atoms with E-state index in [4.69, 9.17) is 14.5 Å². The van der Waals surface area contributed by atoms with Crippen molar-refractivity contribution in [3.63, 3.8) is 0 Å². The minimum absolute atomic E-state index is 0.0569. The summed E-state index contributed by atoms with van der Waals surface area (Å²) in [5.74, 6) is 1.41. The first-order valence-corrected chi connectivity index (χ1v) is 14.8. The zero-order chi connectivity index (χ0) is 25.6. The molecule has 0 aliphatic carbocycles. The summed E-state index contributed by atoms with van der Waals surface area (Å²) in [5.41, 5.74) is 2.97. The highest BCUT2D eigenvalue weighted by atomic mass is 32.2. The summed E-state index contributed by atoms with van der Waals surface area (Å²) in [7, 11) is 0. The SMILES string of the molecule is C=CCOCC(CSCCCC)OC(=O)CSc1nc(-c2cccs2)cc(-c2ccccc2)c1C#N. The first kappa shape index (κ1) is 28.0. The van der Waals surface area contributed by atoms with Gasteiger partial charge in [-0.25, -0.2) is 4.98 Å². The summed E-state index contributed by atoms with van der Waals surface area (Å²) in [5, 5.41) is 12.5. The number of rotatable bonds is 15. The van der Waals surface area contributed by atoms with E-state index in [1.807, 2.05) is 53.9 Å². The second kappa shape index (κ2) is 15.5. The fourth-order valence-electron chi connectivity index (χ4n) is 3.34. The van der Waals surface area contributed by atoms with E-state index >= 15 is 0 Å². The summed E-state index contributed by atoms with van der Waals surface area (Å²) >= 11 is 4.58. The van der Waals surface area contributed by atoms with Crippen molar-refractivity contribution in [3.8, 4) is 27.8 Å². The number of nitriles is 1. The molecule has 0 radical (unpaired) electrons. The number of carbonyl (C=O) groups excluding carboxylic acids is 1. The molecule has 188 valence electrons. The number of benzene rings is 1. The molecule has 0 saturated heterocycles. The molecule has 36 heavy (non-hydrogen) atoms. The van der Waals surface area contributed by atoms with Crippen molar-refractivity contribution < 1.29 is 14.3 Å². The molecule has 0 bridgehead atoms. The topological polar surface area (TPSA) is 72.2 Å². The molecule has 8 heteroatoms. The molecular formula is C28H30N2O3S3. The molecule has 1 atom stereocenters. The summed E-state index contributed by atoms with van der Waals surface area (Å²) < 4.78 is 11.3. The maximum atomic E-state index is 12.8. The Morgan fingerprint density at radius 1 is 1.28 bits per heavy atom. The van der Waals surface area contributed by atoms with Gasteiger partial charge in [-0.1, -0.05) is 67.6 Å². The Bertz CT molecular complexity index is 1140. The van der Waals surface area contributed by atoms with Crippen LogP contribution in [0.1, 0.15) is 25.3 Å². The quantitative estimate of drug-likeness (QED) is 0.0885.